The summed E-state index contributed by atoms with van der Waals surface area (Å²) in [4.78, 5) is 10.7. The summed E-state index contributed by atoms with van der Waals surface area (Å²) in [6.45, 7) is 2.96. The van der Waals surface area contributed by atoms with Gasteiger partial charge in [-0.05, 0) is 6.92 Å². The van der Waals surface area contributed by atoms with Gasteiger partial charge in [0.1, 0.15) is 0 Å². The number of carbonyl (C=O) groups is 1. The van der Waals surface area contributed by atoms with Gasteiger partial charge in [-0.2, -0.15) is 0 Å². The fraction of sp³-hybridized carbons (Fsp3) is 0.857. The maximum absolute atomic E-state index is 10.7. The number of aliphatic hydroxyl groups is 1. The lowest BCUT2D eigenvalue weighted by molar-refractivity contribution is -0.119. The smallest absolute Gasteiger partial charge is 0.221 e. The summed E-state index contributed by atoms with van der Waals surface area (Å²) in [6.07, 6.45) is 0.193. The van der Waals surface area contributed by atoms with E-state index in [2.05, 4.69) is 10.6 Å². The van der Waals surface area contributed by atoms with Gasteiger partial charge in [0.25, 0.3) is 0 Å². The second-order valence-corrected chi connectivity index (χ2v) is 2.96. The summed E-state index contributed by atoms with van der Waals surface area (Å²) in [5.41, 5.74) is 0. The maximum Gasteiger partial charge on any atom is 0.221 e. The molecule has 0 aromatic heterocycles. The molecule has 1 fully saturated rings. The van der Waals surface area contributed by atoms with Crippen LogP contribution in [0.15, 0.2) is 0 Å². The molecule has 0 saturated carbocycles. The number of carbonyl (C=O) groups excluding carboxylic acids is 1. The summed E-state index contributed by atoms with van der Waals surface area (Å²) in [7, 11) is 0. The first-order chi connectivity index (χ1) is 5.18. The molecule has 0 radical (unpaired) electrons. The highest BCUT2D eigenvalue weighted by molar-refractivity contribution is 5.78. The second-order valence-electron chi connectivity index (χ2n) is 2.96. The lowest BCUT2D eigenvalue weighted by Gasteiger charge is -2.10. The molecule has 64 valence electrons. The van der Waals surface area contributed by atoms with Gasteiger partial charge in [0.05, 0.1) is 6.10 Å². The van der Waals surface area contributed by atoms with Crippen LogP contribution in [0.3, 0.4) is 0 Å². The van der Waals surface area contributed by atoms with E-state index in [-0.39, 0.29) is 18.1 Å². The third kappa shape index (κ3) is 2.86. The Labute approximate surface area is 66.0 Å². The standard InChI is InChI=1S/C7H14N2O2/c1-5(10)3-8-6-2-7(11)9-4-6/h5-6,8,10H,2-4H2,1H3,(H,9,11)/t5-,6?/m0/s1. The van der Waals surface area contributed by atoms with E-state index in [0.717, 1.165) is 0 Å². The molecule has 0 spiro atoms. The average Bonchev–Trinajstić information content (AvgIpc) is 2.31. The van der Waals surface area contributed by atoms with Crippen LogP contribution < -0.4 is 10.6 Å². The number of amides is 1. The summed E-state index contributed by atoms with van der Waals surface area (Å²) in [5.74, 6) is 0.0908. The second kappa shape index (κ2) is 3.69. The molecule has 1 unspecified atom stereocenters. The first-order valence-electron chi connectivity index (χ1n) is 3.86. The van der Waals surface area contributed by atoms with Crippen LogP contribution in [0.25, 0.3) is 0 Å². The monoisotopic (exact) mass is 158 g/mol. The first-order valence-corrected chi connectivity index (χ1v) is 3.86. The van der Waals surface area contributed by atoms with Gasteiger partial charge in [0, 0.05) is 25.6 Å². The van der Waals surface area contributed by atoms with Crippen molar-refractivity contribution in [2.45, 2.75) is 25.5 Å². The highest BCUT2D eigenvalue weighted by Crippen LogP contribution is 1.98. The largest absolute Gasteiger partial charge is 0.392 e. The minimum atomic E-state index is -0.342. The van der Waals surface area contributed by atoms with Gasteiger partial charge in [-0.25, -0.2) is 0 Å². The lowest BCUT2D eigenvalue weighted by atomic mass is 10.2. The number of nitrogens with one attached hydrogen (secondary N) is 2. The average molecular weight is 158 g/mol. The van der Waals surface area contributed by atoms with Crippen molar-refractivity contribution >= 4 is 5.91 Å². The molecule has 11 heavy (non-hydrogen) atoms. The fourth-order valence-electron chi connectivity index (χ4n) is 1.09. The Morgan fingerprint density at radius 2 is 2.64 bits per heavy atom. The molecular weight excluding hydrogens is 144 g/mol. The van der Waals surface area contributed by atoms with Gasteiger partial charge in [-0.15, -0.1) is 0 Å². The Hall–Kier alpha value is -0.610. The molecule has 1 heterocycles. The van der Waals surface area contributed by atoms with Crippen LogP contribution in [-0.2, 0) is 4.79 Å². The molecule has 1 rings (SSSR count). The van der Waals surface area contributed by atoms with Gasteiger partial charge in [-0.1, -0.05) is 0 Å². The van der Waals surface area contributed by atoms with Gasteiger partial charge < -0.3 is 15.7 Å². The van der Waals surface area contributed by atoms with E-state index in [1.807, 2.05) is 0 Å². The van der Waals surface area contributed by atoms with Crippen molar-refractivity contribution in [3.63, 3.8) is 0 Å². The Morgan fingerprint density at radius 3 is 3.09 bits per heavy atom. The van der Waals surface area contributed by atoms with E-state index in [0.29, 0.717) is 19.5 Å². The molecule has 4 heteroatoms. The van der Waals surface area contributed by atoms with Gasteiger partial charge in [0.15, 0.2) is 0 Å². The molecule has 1 amide bonds. The summed E-state index contributed by atoms with van der Waals surface area (Å²) < 4.78 is 0. The van der Waals surface area contributed by atoms with Crippen molar-refractivity contribution in [3.05, 3.63) is 0 Å². The van der Waals surface area contributed by atoms with E-state index in [1.54, 1.807) is 6.92 Å². The molecule has 1 aliphatic rings. The van der Waals surface area contributed by atoms with Crippen LogP contribution in [0, 0.1) is 0 Å². The third-order valence-electron chi connectivity index (χ3n) is 1.68. The molecule has 1 saturated heterocycles. The van der Waals surface area contributed by atoms with Crippen molar-refractivity contribution in [1.29, 1.82) is 0 Å². The van der Waals surface area contributed by atoms with Crippen LogP contribution in [-0.4, -0.2) is 36.2 Å². The molecule has 0 bridgehead atoms. The normalized spacial score (nSPS) is 26.7. The predicted molar refractivity (Wildman–Crippen MR) is 41.1 cm³/mol. The van der Waals surface area contributed by atoms with Crippen molar-refractivity contribution in [2.24, 2.45) is 0 Å². The molecule has 1 aliphatic heterocycles. The summed E-state index contributed by atoms with van der Waals surface area (Å²) >= 11 is 0. The van der Waals surface area contributed by atoms with E-state index in [1.165, 1.54) is 0 Å². The Balaban J connectivity index is 2.13. The Morgan fingerprint density at radius 1 is 1.91 bits per heavy atom. The predicted octanol–water partition coefficient (Wildman–Crippen LogP) is -1.15. The number of hydrogen-bond acceptors (Lipinski definition) is 3. The SMILES string of the molecule is C[C@H](O)CNC1CNC(=O)C1. The van der Waals surface area contributed by atoms with Crippen LogP contribution in [0.1, 0.15) is 13.3 Å². The topological polar surface area (TPSA) is 61.4 Å². The van der Waals surface area contributed by atoms with Crippen molar-refractivity contribution in [3.8, 4) is 0 Å². The van der Waals surface area contributed by atoms with Crippen LogP contribution in [0.2, 0.25) is 0 Å². The number of aliphatic hydroxyl groups excluding tert-OH is 1. The van der Waals surface area contributed by atoms with Crippen LogP contribution in [0.4, 0.5) is 0 Å². The zero-order valence-electron chi connectivity index (χ0n) is 6.63. The minimum absolute atomic E-state index is 0.0908. The summed E-state index contributed by atoms with van der Waals surface area (Å²) in [5, 5.41) is 14.7. The molecule has 0 aromatic rings. The summed E-state index contributed by atoms with van der Waals surface area (Å²) in [6, 6.07) is 0.206. The molecule has 0 aromatic carbocycles. The van der Waals surface area contributed by atoms with Gasteiger partial charge in [-0.3, -0.25) is 4.79 Å². The first kappa shape index (κ1) is 8.49. The van der Waals surface area contributed by atoms with Crippen molar-refractivity contribution < 1.29 is 9.90 Å². The molecule has 3 N–H and O–H groups in total. The minimum Gasteiger partial charge on any atom is -0.392 e. The Bertz CT molecular complexity index is 147. The third-order valence-corrected chi connectivity index (χ3v) is 1.68. The molecular formula is C7H14N2O2. The molecule has 4 nitrogen and oxygen atoms in total. The zero-order valence-corrected chi connectivity index (χ0v) is 6.63. The number of hydrogen-bond donors (Lipinski definition) is 3. The quantitative estimate of drug-likeness (QED) is 0.486. The molecule has 0 aliphatic carbocycles. The molecule has 2 atom stereocenters. The van der Waals surface area contributed by atoms with Crippen LogP contribution >= 0.6 is 0 Å². The zero-order chi connectivity index (χ0) is 8.27. The van der Waals surface area contributed by atoms with E-state index in [4.69, 9.17) is 5.11 Å². The lowest BCUT2D eigenvalue weighted by Crippen LogP contribution is -2.35. The number of rotatable bonds is 3. The fourth-order valence-corrected chi connectivity index (χ4v) is 1.09. The Kier molecular flexibility index (Phi) is 2.84. The van der Waals surface area contributed by atoms with Crippen molar-refractivity contribution in [1.82, 2.24) is 10.6 Å². The van der Waals surface area contributed by atoms with Gasteiger partial charge >= 0.3 is 0 Å². The highest BCUT2D eigenvalue weighted by Gasteiger charge is 2.20. The maximum atomic E-state index is 10.7. The highest BCUT2D eigenvalue weighted by atomic mass is 16.3. The van der Waals surface area contributed by atoms with Crippen molar-refractivity contribution in [2.75, 3.05) is 13.1 Å². The van der Waals surface area contributed by atoms with E-state index < -0.39 is 0 Å². The van der Waals surface area contributed by atoms with E-state index >= 15 is 0 Å². The van der Waals surface area contributed by atoms with E-state index in [9.17, 15) is 4.79 Å². The van der Waals surface area contributed by atoms with Gasteiger partial charge in [0.2, 0.25) is 5.91 Å². The van der Waals surface area contributed by atoms with Crippen LogP contribution in [0.5, 0.6) is 0 Å².